The zero-order valence-electron chi connectivity index (χ0n) is 44.2. The van der Waals surface area contributed by atoms with Gasteiger partial charge in [0, 0.05) is 106 Å². The van der Waals surface area contributed by atoms with Crippen LogP contribution in [0.15, 0.2) is 134 Å². The van der Waals surface area contributed by atoms with Crippen LogP contribution in [0, 0.1) is 0 Å². The van der Waals surface area contributed by atoms with Gasteiger partial charge in [-0.1, -0.05) is 91.0 Å². The summed E-state index contributed by atoms with van der Waals surface area (Å²) in [6.45, 7) is 8.64. The number of aromatic amines is 4. The Hall–Kier alpha value is -9.37. The van der Waals surface area contributed by atoms with Crippen molar-refractivity contribution in [3.63, 3.8) is 0 Å². The molecule has 11 N–H and O–H groups in total. The van der Waals surface area contributed by atoms with E-state index < -0.39 is 65.7 Å². The summed E-state index contributed by atoms with van der Waals surface area (Å²) < 4.78 is 10.4. The van der Waals surface area contributed by atoms with E-state index in [9.17, 15) is 33.9 Å². The van der Waals surface area contributed by atoms with Gasteiger partial charge in [-0.3, -0.25) is 25.1 Å². The standard InChI is InChI=1S/C19H16N2O3.C17H20N2O4.C12H12N2O2.C11H12N2O2.CH2O/c22-18(12-6-2-1-3-7-12)24-19(23)16-10-14-13-8-4-5-9-15(13)21-17(14)11-20-16;1-17(2,3)23-16(22)19-9-13-11(8-14(19)15(20)21)10-6-4-5-7-12(10)18-13;15-12(16)10-5-8-7-3-1-2-4-9(7)14-11(8)6-13-10;12-9(11(14)15)5-7-6-13-10-4-2-1-3-8(7)10;1-2/h1-9,16,20-21H,10-11H2;4-7,14,18H,8-9H2,1-3H3,(H,20,21);1-4,10,13-14H,5-6H2,(H,15,16);1-4,6,9,13H,5,12H2,(H,14,15);1H2. The van der Waals surface area contributed by atoms with Gasteiger partial charge in [0.2, 0.25) is 0 Å². The number of hydrogen-bond acceptors (Lipinski definition) is 12. The molecule has 9 aromatic rings. The van der Waals surface area contributed by atoms with Crippen LogP contribution in [0.3, 0.4) is 0 Å². The Kier molecular flexibility index (Phi) is 17.7. The number of benzene rings is 5. The lowest BCUT2D eigenvalue weighted by atomic mass is 9.97. The molecule has 4 atom stereocenters. The van der Waals surface area contributed by atoms with Gasteiger partial charge in [-0.25, -0.2) is 19.2 Å². The van der Waals surface area contributed by atoms with Crippen molar-refractivity contribution >= 4 is 86.3 Å². The van der Waals surface area contributed by atoms with Crippen LogP contribution in [0.25, 0.3) is 43.6 Å². The van der Waals surface area contributed by atoms with Crippen LogP contribution >= 0.6 is 0 Å². The van der Waals surface area contributed by atoms with Crippen molar-refractivity contribution in [2.45, 2.75) is 95.9 Å². The molecule has 0 aliphatic carbocycles. The van der Waals surface area contributed by atoms with Gasteiger partial charge in [-0.05, 0) is 79.4 Å². The zero-order valence-corrected chi connectivity index (χ0v) is 44.2. The van der Waals surface area contributed by atoms with Gasteiger partial charge in [0.25, 0.3) is 0 Å². The van der Waals surface area contributed by atoms with Crippen molar-refractivity contribution in [2.75, 3.05) is 0 Å². The summed E-state index contributed by atoms with van der Waals surface area (Å²) in [5, 5.41) is 37.7. The van der Waals surface area contributed by atoms with E-state index in [1.165, 1.54) is 4.90 Å². The molecule has 20 nitrogen and oxygen atoms in total. The highest BCUT2D eigenvalue weighted by atomic mass is 16.6. The maximum absolute atomic E-state index is 12.4. The number of hydrogen-bond donors (Lipinski definition) is 10. The molecular weight excluding hydrogens is 1020 g/mol. The van der Waals surface area contributed by atoms with E-state index in [2.05, 4.69) is 30.6 Å². The molecule has 0 radical (unpaired) electrons. The predicted molar refractivity (Wildman–Crippen MR) is 300 cm³/mol. The summed E-state index contributed by atoms with van der Waals surface area (Å²) in [5.74, 6) is -3.94. The molecule has 414 valence electrons. The van der Waals surface area contributed by atoms with Crippen LogP contribution in [0.4, 0.5) is 4.79 Å². The summed E-state index contributed by atoms with van der Waals surface area (Å²) in [4.78, 5) is 92.3. The number of esters is 2. The normalized spacial score (nSPS) is 16.5. The minimum Gasteiger partial charge on any atom is -0.480 e. The smallest absolute Gasteiger partial charge is 0.411 e. The van der Waals surface area contributed by atoms with Gasteiger partial charge in [0.05, 0.1) is 12.1 Å². The number of nitrogens with one attached hydrogen (secondary N) is 6. The highest BCUT2D eigenvalue weighted by Gasteiger charge is 2.39. The minimum absolute atomic E-state index is 0.204. The van der Waals surface area contributed by atoms with E-state index >= 15 is 0 Å². The van der Waals surface area contributed by atoms with E-state index in [0.29, 0.717) is 37.9 Å². The highest BCUT2D eigenvalue weighted by molar-refractivity contribution is 5.98. The number of carbonyl (C=O) groups is 7. The number of aliphatic carboxylic acids is 3. The Balaban J connectivity index is 0.000000141. The molecule has 3 aliphatic rings. The topological polar surface area (TPSA) is 315 Å². The fourth-order valence-corrected chi connectivity index (χ4v) is 9.99. The minimum atomic E-state index is -1.02. The van der Waals surface area contributed by atoms with Gasteiger partial charge in [0.15, 0.2) is 0 Å². The maximum atomic E-state index is 12.4. The van der Waals surface area contributed by atoms with Crippen molar-refractivity contribution in [1.29, 1.82) is 0 Å². The lowest BCUT2D eigenvalue weighted by Crippen LogP contribution is -2.50. The fourth-order valence-electron chi connectivity index (χ4n) is 9.99. The summed E-state index contributed by atoms with van der Waals surface area (Å²) in [6.07, 6.45) is 2.88. The number of amides is 1. The van der Waals surface area contributed by atoms with E-state index in [1.807, 2.05) is 110 Å². The second-order valence-electron chi connectivity index (χ2n) is 20.2. The van der Waals surface area contributed by atoms with E-state index in [4.69, 9.17) is 30.2 Å². The maximum Gasteiger partial charge on any atom is 0.411 e. The molecule has 0 fully saturated rings. The molecule has 0 saturated heterocycles. The Morgan fingerprint density at radius 2 is 1.07 bits per heavy atom. The Labute approximate surface area is 458 Å². The molecule has 80 heavy (non-hydrogen) atoms. The summed E-state index contributed by atoms with van der Waals surface area (Å²) >= 11 is 0. The molecule has 7 heterocycles. The molecule has 0 spiro atoms. The largest absolute Gasteiger partial charge is 0.480 e. The number of H-pyrrole nitrogens is 4. The number of aromatic nitrogens is 4. The first-order valence-electron chi connectivity index (χ1n) is 25.7. The van der Waals surface area contributed by atoms with Crippen LogP contribution in [-0.2, 0) is 78.8 Å². The van der Waals surface area contributed by atoms with Crippen LogP contribution in [0.5, 0.6) is 0 Å². The molecular formula is C60H62N8O12. The monoisotopic (exact) mass is 1090 g/mol. The van der Waals surface area contributed by atoms with Crippen molar-refractivity contribution < 1.29 is 58.4 Å². The molecule has 4 aromatic heterocycles. The number of carboxylic acids is 3. The van der Waals surface area contributed by atoms with Gasteiger partial charge >= 0.3 is 35.9 Å². The zero-order chi connectivity index (χ0) is 57.3. The van der Waals surface area contributed by atoms with Gasteiger partial charge in [-0.2, -0.15) is 0 Å². The number of ether oxygens (including phenoxy) is 2. The SMILES string of the molecule is C=O.CC(C)(C)OC(=O)N1Cc2[nH]c3ccccc3c2CC1C(=O)O.NC(Cc1c[nH]c2ccccc12)C(=O)O.O=C(O)C1Cc2c([nH]c3ccccc23)CN1.O=C(OC(=O)C1Cc2c([nH]c3ccccc23)CN1)c1ccccc1. The summed E-state index contributed by atoms with van der Waals surface area (Å²) in [5.41, 5.74) is 16.5. The van der Waals surface area contributed by atoms with Crippen LogP contribution in [-0.4, -0.2) is 113 Å². The molecule has 5 aromatic carbocycles. The number of carboxylic acid groups (broad SMARTS) is 3. The van der Waals surface area contributed by atoms with Gasteiger partial charge in [0.1, 0.15) is 36.6 Å². The summed E-state index contributed by atoms with van der Waals surface area (Å²) in [7, 11) is 0. The average Bonchev–Trinajstić information content (AvgIpc) is 4.32. The Morgan fingerprint density at radius 1 is 0.613 bits per heavy atom. The van der Waals surface area contributed by atoms with Crippen molar-refractivity contribution in [3.8, 4) is 0 Å². The quantitative estimate of drug-likeness (QED) is 0.0540. The van der Waals surface area contributed by atoms with Crippen LogP contribution < -0.4 is 16.4 Å². The lowest BCUT2D eigenvalue weighted by molar-refractivity contribution is -0.144. The molecule has 0 bridgehead atoms. The molecule has 4 unspecified atom stereocenters. The first kappa shape index (κ1) is 56.8. The molecule has 20 heteroatoms. The molecule has 0 saturated carbocycles. The second kappa shape index (κ2) is 25.0. The van der Waals surface area contributed by atoms with Crippen LogP contribution in [0.1, 0.15) is 70.5 Å². The van der Waals surface area contributed by atoms with Crippen molar-refractivity contribution in [2.24, 2.45) is 5.73 Å². The number of para-hydroxylation sites is 4. The van der Waals surface area contributed by atoms with E-state index in [0.717, 1.165) is 82.9 Å². The first-order chi connectivity index (χ1) is 38.4. The molecule has 1 amide bonds. The van der Waals surface area contributed by atoms with E-state index in [-0.39, 0.29) is 13.0 Å². The van der Waals surface area contributed by atoms with Crippen molar-refractivity contribution in [1.82, 2.24) is 35.5 Å². The van der Waals surface area contributed by atoms with Gasteiger partial charge in [-0.15, -0.1) is 0 Å². The number of nitrogens with zero attached hydrogens (tertiary/aromatic N) is 1. The predicted octanol–water partition coefficient (Wildman–Crippen LogP) is 7.68. The number of nitrogens with two attached hydrogens (primary N) is 1. The third kappa shape index (κ3) is 13.1. The fraction of sp³-hybridized carbons (Fsp3) is 0.250. The van der Waals surface area contributed by atoms with Crippen LogP contribution in [0.2, 0.25) is 0 Å². The average molecular weight is 1090 g/mol. The van der Waals surface area contributed by atoms with Crippen molar-refractivity contribution in [3.05, 3.63) is 178 Å². The lowest BCUT2D eigenvalue weighted by Gasteiger charge is -2.34. The number of rotatable bonds is 7. The molecule has 3 aliphatic heterocycles. The third-order valence-corrected chi connectivity index (χ3v) is 13.8. The first-order valence-corrected chi connectivity index (χ1v) is 25.7. The number of fused-ring (bicyclic) bond motifs is 10. The Bertz CT molecular complexity index is 3700. The van der Waals surface area contributed by atoms with E-state index in [1.54, 1.807) is 51.1 Å². The third-order valence-electron chi connectivity index (χ3n) is 13.8. The highest BCUT2D eigenvalue weighted by Crippen LogP contribution is 2.32. The van der Waals surface area contributed by atoms with Gasteiger partial charge < -0.3 is 55.3 Å². The number of carbonyl (C=O) groups excluding carboxylic acids is 4. The second-order valence-corrected chi connectivity index (χ2v) is 20.2. The molecule has 12 rings (SSSR count). The Morgan fingerprint density at radius 3 is 1.59 bits per heavy atom. The summed E-state index contributed by atoms with van der Waals surface area (Å²) in [6, 6.07) is 37.3.